The van der Waals surface area contributed by atoms with Crippen LogP contribution < -0.4 is 15.5 Å². The minimum atomic E-state index is -1.30. The molecule has 208 valence electrons. The zero-order valence-electron chi connectivity index (χ0n) is 21.7. The molecule has 2 aliphatic rings. The summed E-state index contributed by atoms with van der Waals surface area (Å²) in [4.78, 5) is 44.0. The molecule has 9 nitrogen and oxygen atoms in total. The molecule has 1 saturated heterocycles. The number of urea groups is 2. The smallest absolute Gasteiger partial charge is 0.337 e. The topological polar surface area (TPSA) is 94.2 Å². The van der Waals surface area contributed by atoms with Crippen molar-refractivity contribution in [3.05, 3.63) is 76.0 Å². The highest BCUT2D eigenvalue weighted by Crippen LogP contribution is 2.35. The van der Waals surface area contributed by atoms with Gasteiger partial charge in [-0.05, 0) is 55.8 Å². The third kappa shape index (κ3) is 6.48. The van der Waals surface area contributed by atoms with Crippen molar-refractivity contribution in [1.82, 2.24) is 20.4 Å². The van der Waals surface area contributed by atoms with Gasteiger partial charge in [0.05, 0.1) is 12.7 Å². The monoisotopic (exact) mass is 561 g/mol. The van der Waals surface area contributed by atoms with Crippen molar-refractivity contribution >= 4 is 35.3 Å². The number of hydrogen-bond acceptors (Lipinski definition) is 6. The van der Waals surface area contributed by atoms with E-state index in [1.807, 2.05) is 24.3 Å². The Bertz CT molecular complexity index is 1280. The van der Waals surface area contributed by atoms with Gasteiger partial charge in [-0.15, -0.1) is 0 Å². The van der Waals surface area contributed by atoms with Gasteiger partial charge in [0.15, 0.2) is 11.6 Å². The van der Waals surface area contributed by atoms with Crippen LogP contribution in [0.5, 0.6) is 0 Å². The Morgan fingerprint density at radius 2 is 1.85 bits per heavy atom. The maximum Gasteiger partial charge on any atom is 0.337 e. The lowest BCUT2D eigenvalue weighted by Gasteiger charge is -2.37. The van der Waals surface area contributed by atoms with E-state index < -0.39 is 35.7 Å². The fraction of sp³-hybridized carbons (Fsp3) is 0.370. The molecule has 0 aromatic heterocycles. The molecule has 4 amide bonds. The molecule has 2 N–H and O–H groups in total. The van der Waals surface area contributed by atoms with E-state index in [-0.39, 0.29) is 23.4 Å². The molecule has 4 rings (SSSR count). The molecule has 0 bridgehead atoms. The number of benzene rings is 2. The van der Waals surface area contributed by atoms with Crippen molar-refractivity contribution in [2.24, 2.45) is 0 Å². The Balaban J connectivity index is 1.37. The van der Waals surface area contributed by atoms with Crippen LogP contribution in [0.1, 0.15) is 24.9 Å². The van der Waals surface area contributed by atoms with E-state index in [0.29, 0.717) is 11.4 Å². The number of hydrogen-bond donors (Lipinski definition) is 2. The summed E-state index contributed by atoms with van der Waals surface area (Å²) in [7, 11) is 1.15. The summed E-state index contributed by atoms with van der Waals surface area (Å²) >= 11 is 6.11. The fourth-order valence-electron chi connectivity index (χ4n) is 4.81. The number of carbonyl (C=O) groups is 3. The molecule has 0 saturated carbocycles. The highest BCUT2D eigenvalue weighted by Gasteiger charge is 2.42. The van der Waals surface area contributed by atoms with Gasteiger partial charge in [-0.2, -0.15) is 0 Å². The number of methoxy groups -OCH3 is 1. The van der Waals surface area contributed by atoms with Crippen LogP contribution in [0.2, 0.25) is 5.02 Å². The van der Waals surface area contributed by atoms with Crippen LogP contribution in [0, 0.1) is 11.6 Å². The summed E-state index contributed by atoms with van der Waals surface area (Å²) < 4.78 is 32.6. The van der Waals surface area contributed by atoms with Gasteiger partial charge in [-0.1, -0.05) is 23.7 Å². The van der Waals surface area contributed by atoms with Crippen molar-refractivity contribution in [2.75, 3.05) is 51.3 Å². The minimum absolute atomic E-state index is 0.0521. The van der Waals surface area contributed by atoms with Crippen molar-refractivity contribution in [1.29, 1.82) is 0 Å². The summed E-state index contributed by atoms with van der Waals surface area (Å²) in [6, 6.07) is 7.83. The summed E-state index contributed by atoms with van der Waals surface area (Å²) in [6.07, 6.45) is 0.618. The first-order valence-corrected chi connectivity index (χ1v) is 12.9. The highest BCUT2D eigenvalue weighted by atomic mass is 35.5. The molecule has 2 aliphatic heterocycles. The second-order valence-corrected chi connectivity index (χ2v) is 9.74. The number of imide groups is 1. The predicted octanol–water partition coefficient (Wildman–Crippen LogP) is 4.05. The molecule has 1 fully saturated rings. The van der Waals surface area contributed by atoms with Crippen molar-refractivity contribution in [3.8, 4) is 0 Å². The number of esters is 1. The highest BCUT2D eigenvalue weighted by molar-refractivity contribution is 6.30. The van der Waals surface area contributed by atoms with Crippen molar-refractivity contribution < 1.29 is 27.9 Å². The van der Waals surface area contributed by atoms with Gasteiger partial charge < -0.3 is 20.3 Å². The maximum absolute atomic E-state index is 14.1. The summed E-state index contributed by atoms with van der Waals surface area (Å²) in [5.74, 6) is -3.07. The second kappa shape index (κ2) is 12.4. The van der Waals surface area contributed by atoms with Gasteiger partial charge in [0.2, 0.25) is 0 Å². The molecular formula is C27H30ClF2N5O4. The molecule has 2 aromatic rings. The maximum atomic E-state index is 14.1. The fourth-order valence-corrected chi connectivity index (χ4v) is 4.99. The number of carbonyl (C=O) groups excluding carboxylic acids is 3. The Morgan fingerprint density at radius 1 is 1.10 bits per heavy atom. The van der Waals surface area contributed by atoms with Crippen molar-refractivity contribution in [3.63, 3.8) is 0 Å². The molecule has 1 atom stereocenters. The first-order chi connectivity index (χ1) is 18.7. The van der Waals surface area contributed by atoms with Crippen LogP contribution in [0.25, 0.3) is 0 Å². The lowest BCUT2D eigenvalue weighted by atomic mass is 9.94. The number of nitrogens with one attached hydrogen (secondary N) is 2. The molecule has 39 heavy (non-hydrogen) atoms. The number of amides is 4. The van der Waals surface area contributed by atoms with Crippen molar-refractivity contribution in [2.45, 2.75) is 19.4 Å². The van der Waals surface area contributed by atoms with Gasteiger partial charge in [-0.25, -0.2) is 28.1 Å². The SMILES string of the molecule is COC(=O)C1=C(C)NC(=O)N(C(=O)NCCCN2CCN(c3cccc(Cl)c3)CC2)C1c1ccc(F)c(F)c1. The van der Waals surface area contributed by atoms with Crippen LogP contribution in [0.4, 0.5) is 24.1 Å². The van der Waals surface area contributed by atoms with E-state index in [9.17, 15) is 23.2 Å². The van der Waals surface area contributed by atoms with E-state index in [0.717, 1.165) is 62.6 Å². The Hall–Kier alpha value is -3.70. The molecule has 2 aromatic carbocycles. The zero-order valence-corrected chi connectivity index (χ0v) is 22.4. The number of ether oxygens (including phenoxy) is 1. The van der Waals surface area contributed by atoms with Gasteiger partial charge in [0.1, 0.15) is 6.04 Å². The number of anilines is 1. The molecule has 0 spiro atoms. The number of nitrogens with zero attached hydrogens (tertiary/aromatic N) is 3. The van der Waals surface area contributed by atoms with Crippen LogP contribution >= 0.6 is 11.6 Å². The lowest BCUT2D eigenvalue weighted by molar-refractivity contribution is -0.136. The van der Waals surface area contributed by atoms with Crippen LogP contribution in [0.3, 0.4) is 0 Å². The normalized spacial score (nSPS) is 18.2. The third-order valence-electron chi connectivity index (χ3n) is 6.81. The number of piperazine rings is 1. The Kier molecular flexibility index (Phi) is 9.03. The van der Waals surface area contributed by atoms with Gasteiger partial charge in [0.25, 0.3) is 0 Å². The van der Waals surface area contributed by atoms with E-state index in [2.05, 4.69) is 20.4 Å². The van der Waals surface area contributed by atoms with Gasteiger partial charge in [-0.3, -0.25) is 4.90 Å². The number of rotatable bonds is 7. The second-order valence-electron chi connectivity index (χ2n) is 9.30. The molecule has 12 heteroatoms. The lowest BCUT2D eigenvalue weighted by Crippen LogP contribution is -2.54. The predicted molar refractivity (Wildman–Crippen MR) is 142 cm³/mol. The zero-order chi connectivity index (χ0) is 28.1. The van der Waals surface area contributed by atoms with E-state index >= 15 is 0 Å². The molecular weight excluding hydrogens is 532 g/mol. The first-order valence-electron chi connectivity index (χ1n) is 12.5. The Labute approximate surface area is 230 Å². The molecule has 0 aliphatic carbocycles. The van der Waals surface area contributed by atoms with Crippen LogP contribution in [-0.4, -0.2) is 74.2 Å². The largest absolute Gasteiger partial charge is 0.466 e. The standard InChI is InChI=1S/C27H30ClF2N5O4/c1-17-23(25(36)39-2)24(18-7-8-21(29)22(30)15-18)35(27(38)32-17)26(37)31-9-4-10-33-11-13-34(14-12-33)20-6-3-5-19(28)16-20/h3,5-8,15-16,24H,4,9-14H2,1-2H3,(H,31,37)(H,32,38). The minimum Gasteiger partial charge on any atom is -0.466 e. The van der Waals surface area contributed by atoms with E-state index in [4.69, 9.17) is 16.3 Å². The average Bonchev–Trinajstić information content (AvgIpc) is 2.92. The summed E-state index contributed by atoms with van der Waals surface area (Å²) in [5, 5.41) is 5.89. The average molecular weight is 562 g/mol. The quantitative estimate of drug-likeness (QED) is 0.391. The first kappa shape index (κ1) is 28.3. The third-order valence-corrected chi connectivity index (χ3v) is 7.04. The van der Waals surface area contributed by atoms with Gasteiger partial charge in [0, 0.05) is 49.1 Å². The number of halogens is 3. The Morgan fingerprint density at radius 3 is 2.51 bits per heavy atom. The van der Waals surface area contributed by atoms with E-state index in [1.165, 1.54) is 13.0 Å². The van der Waals surface area contributed by atoms with Gasteiger partial charge >= 0.3 is 18.0 Å². The number of allylic oxidation sites excluding steroid dienone is 1. The molecule has 0 radical (unpaired) electrons. The molecule has 1 unspecified atom stereocenters. The molecule has 2 heterocycles. The van der Waals surface area contributed by atoms with Crippen LogP contribution in [-0.2, 0) is 9.53 Å². The van der Waals surface area contributed by atoms with Crippen LogP contribution in [0.15, 0.2) is 53.7 Å². The summed E-state index contributed by atoms with van der Waals surface area (Å²) in [5.41, 5.74) is 1.23. The van der Waals surface area contributed by atoms with E-state index in [1.54, 1.807) is 0 Å². The summed E-state index contributed by atoms with van der Waals surface area (Å²) in [6.45, 7) is 5.85.